The summed E-state index contributed by atoms with van der Waals surface area (Å²) in [6, 6.07) is 4.36. The fraction of sp³-hybridized carbons (Fsp3) is 0.250. The normalized spacial score (nSPS) is 14.2. The molecule has 1 aromatic rings. The van der Waals surface area contributed by atoms with Gasteiger partial charge in [-0.3, -0.25) is 19.7 Å². The number of amides is 3. The molecule has 18 heavy (non-hydrogen) atoms. The second kappa shape index (κ2) is 3.92. The minimum atomic E-state index is -1.52. The second-order valence-corrected chi connectivity index (χ2v) is 4.56. The van der Waals surface area contributed by atoms with Crippen LogP contribution in [0.2, 0.25) is 0 Å². The molecule has 0 fully saturated rings. The topological polar surface area (TPSA) is 95.5 Å². The molecule has 0 saturated carbocycles. The first-order chi connectivity index (χ1) is 8.29. The summed E-state index contributed by atoms with van der Waals surface area (Å²) in [5.74, 6) is -1.53. The number of hydrogen-bond donors (Lipinski definition) is 3. The lowest BCUT2D eigenvalue weighted by Gasteiger charge is -2.16. The van der Waals surface area contributed by atoms with Crippen molar-refractivity contribution < 1.29 is 19.5 Å². The molecule has 1 heterocycles. The number of benzene rings is 1. The summed E-state index contributed by atoms with van der Waals surface area (Å²) in [6.07, 6.45) is 0. The van der Waals surface area contributed by atoms with Crippen molar-refractivity contribution in [2.24, 2.45) is 0 Å². The van der Waals surface area contributed by atoms with E-state index in [0.29, 0.717) is 5.69 Å². The van der Waals surface area contributed by atoms with Gasteiger partial charge in [-0.25, -0.2) is 0 Å². The van der Waals surface area contributed by atoms with Crippen LogP contribution in [0.1, 0.15) is 34.6 Å². The predicted octanol–water partition coefficient (Wildman–Crippen LogP) is 0.280. The van der Waals surface area contributed by atoms with Gasteiger partial charge in [-0.15, -0.1) is 0 Å². The zero-order chi connectivity index (χ0) is 13.5. The SMILES string of the molecule is CC(C)(O)C(=O)Nc1ccc2c(c1)C(=O)NC2=O. The lowest BCUT2D eigenvalue weighted by atomic mass is 10.1. The fourth-order valence-electron chi connectivity index (χ4n) is 1.53. The zero-order valence-corrected chi connectivity index (χ0v) is 9.90. The first kappa shape index (κ1) is 12.3. The highest BCUT2D eigenvalue weighted by atomic mass is 16.3. The van der Waals surface area contributed by atoms with Crippen LogP contribution < -0.4 is 10.6 Å². The van der Waals surface area contributed by atoms with Crippen molar-refractivity contribution in [1.29, 1.82) is 0 Å². The van der Waals surface area contributed by atoms with E-state index in [0.717, 1.165) is 0 Å². The molecule has 0 unspecified atom stereocenters. The molecular formula is C12H12N2O4. The van der Waals surface area contributed by atoms with E-state index in [4.69, 9.17) is 0 Å². The van der Waals surface area contributed by atoms with Crippen molar-refractivity contribution in [3.05, 3.63) is 29.3 Å². The van der Waals surface area contributed by atoms with E-state index in [1.54, 1.807) is 0 Å². The zero-order valence-electron chi connectivity index (χ0n) is 9.90. The molecule has 0 bridgehead atoms. The minimum absolute atomic E-state index is 0.216. The highest BCUT2D eigenvalue weighted by molar-refractivity contribution is 6.22. The second-order valence-electron chi connectivity index (χ2n) is 4.56. The maximum atomic E-state index is 11.6. The van der Waals surface area contributed by atoms with Gasteiger partial charge in [0.15, 0.2) is 0 Å². The van der Waals surface area contributed by atoms with Crippen LogP contribution in [-0.2, 0) is 4.79 Å². The molecule has 2 rings (SSSR count). The highest BCUT2D eigenvalue weighted by Gasteiger charge is 2.28. The highest BCUT2D eigenvalue weighted by Crippen LogP contribution is 2.21. The third-order valence-electron chi connectivity index (χ3n) is 2.55. The van der Waals surface area contributed by atoms with Crippen LogP contribution in [-0.4, -0.2) is 28.4 Å². The van der Waals surface area contributed by atoms with Gasteiger partial charge in [0.05, 0.1) is 11.1 Å². The first-order valence-electron chi connectivity index (χ1n) is 5.32. The van der Waals surface area contributed by atoms with Gasteiger partial charge < -0.3 is 10.4 Å². The number of carbonyl (C=O) groups excluding carboxylic acids is 3. The Kier molecular flexibility index (Phi) is 2.67. The number of rotatable bonds is 2. The maximum absolute atomic E-state index is 11.6. The molecule has 1 aromatic carbocycles. The molecule has 0 saturated heterocycles. The van der Waals surface area contributed by atoms with E-state index < -0.39 is 23.3 Å². The van der Waals surface area contributed by atoms with Gasteiger partial charge >= 0.3 is 0 Å². The molecule has 0 radical (unpaired) electrons. The number of carbonyl (C=O) groups is 3. The Morgan fingerprint density at radius 2 is 1.83 bits per heavy atom. The summed E-state index contributed by atoms with van der Waals surface area (Å²) in [4.78, 5) is 34.3. The summed E-state index contributed by atoms with van der Waals surface area (Å²) < 4.78 is 0. The van der Waals surface area contributed by atoms with Crippen LogP contribution in [0.3, 0.4) is 0 Å². The maximum Gasteiger partial charge on any atom is 0.259 e. The number of hydrogen-bond acceptors (Lipinski definition) is 4. The quantitative estimate of drug-likeness (QED) is 0.655. The van der Waals surface area contributed by atoms with E-state index in [1.807, 2.05) is 0 Å². The summed E-state index contributed by atoms with van der Waals surface area (Å²) in [5.41, 5.74) is -0.669. The monoisotopic (exact) mass is 248 g/mol. The van der Waals surface area contributed by atoms with Crippen LogP contribution in [0.25, 0.3) is 0 Å². The third-order valence-corrected chi connectivity index (χ3v) is 2.55. The predicted molar refractivity (Wildman–Crippen MR) is 63.2 cm³/mol. The molecule has 6 nitrogen and oxygen atoms in total. The number of aliphatic hydroxyl groups is 1. The van der Waals surface area contributed by atoms with Crippen molar-refractivity contribution in [3.8, 4) is 0 Å². The Hall–Kier alpha value is -2.21. The van der Waals surface area contributed by atoms with Crippen LogP contribution >= 0.6 is 0 Å². The summed E-state index contributed by atoms with van der Waals surface area (Å²) >= 11 is 0. The Bertz CT molecular complexity index is 558. The molecule has 0 spiro atoms. The van der Waals surface area contributed by atoms with E-state index in [-0.39, 0.29) is 11.1 Å². The summed E-state index contributed by atoms with van der Waals surface area (Å²) in [5, 5.41) is 14.1. The van der Waals surface area contributed by atoms with Gasteiger partial charge in [0.25, 0.3) is 17.7 Å². The van der Waals surface area contributed by atoms with Gasteiger partial charge in [-0.05, 0) is 32.0 Å². The summed E-state index contributed by atoms with van der Waals surface area (Å²) in [7, 11) is 0. The smallest absolute Gasteiger partial charge is 0.259 e. The molecule has 94 valence electrons. The van der Waals surface area contributed by atoms with Gasteiger partial charge in [0.2, 0.25) is 0 Å². The Labute approximate surface area is 103 Å². The van der Waals surface area contributed by atoms with Crippen LogP contribution in [0.15, 0.2) is 18.2 Å². The van der Waals surface area contributed by atoms with Gasteiger partial charge in [0, 0.05) is 5.69 Å². The molecule has 0 aromatic heterocycles. The molecule has 3 amide bonds. The van der Waals surface area contributed by atoms with Crippen molar-refractivity contribution >= 4 is 23.4 Å². The van der Waals surface area contributed by atoms with Crippen molar-refractivity contribution in [2.45, 2.75) is 19.4 Å². The van der Waals surface area contributed by atoms with E-state index in [9.17, 15) is 19.5 Å². The molecule has 3 N–H and O–H groups in total. The first-order valence-corrected chi connectivity index (χ1v) is 5.32. The summed E-state index contributed by atoms with van der Waals surface area (Å²) in [6.45, 7) is 2.71. The molecule has 0 aliphatic carbocycles. The molecule has 0 atom stereocenters. The lowest BCUT2D eigenvalue weighted by molar-refractivity contribution is -0.130. The van der Waals surface area contributed by atoms with Crippen LogP contribution in [0, 0.1) is 0 Å². The van der Waals surface area contributed by atoms with E-state index >= 15 is 0 Å². The third kappa shape index (κ3) is 2.10. The van der Waals surface area contributed by atoms with Gasteiger partial charge in [0.1, 0.15) is 5.60 Å². The standard InChI is InChI=1S/C12H12N2O4/c1-12(2,18)11(17)13-6-3-4-7-8(5-6)10(16)14-9(7)15/h3-5,18H,1-2H3,(H,13,17)(H,14,15,16). The van der Waals surface area contributed by atoms with Crippen LogP contribution in [0.4, 0.5) is 5.69 Å². The van der Waals surface area contributed by atoms with E-state index in [1.165, 1.54) is 32.0 Å². The number of nitrogens with one attached hydrogen (secondary N) is 2. The lowest BCUT2D eigenvalue weighted by Crippen LogP contribution is -2.36. The van der Waals surface area contributed by atoms with Crippen molar-refractivity contribution in [3.63, 3.8) is 0 Å². The number of fused-ring (bicyclic) bond motifs is 1. The molecule has 6 heteroatoms. The van der Waals surface area contributed by atoms with Gasteiger partial charge in [-0.2, -0.15) is 0 Å². The van der Waals surface area contributed by atoms with Crippen molar-refractivity contribution in [2.75, 3.05) is 5.32 Å². The van der Waals surface area contributed by atoms with Crippen LogP contribution in [0.5, 0.6) is 0 Å². The molecule has 1 aliphatic heterocycles. The average Bonchev–Trinajstić information content (AvgIpc) is 2.53. The largest absolute Gasteiger partial charge is 0.381 e. The van der Waals surface area contributed by atoms with Gasteiger partial charge in [-0.1, -0.05) is 0 Å². The average molecular weight is 248 g/mol. The molecule has 1 aliphatic rings. The Morgan fingerprint density at radius 3 is 2.44 bits per heavy atom. The van der Waals surface area contributed by atoms with E-state index in [2.05, 4.69) is 10.6 Å². The Balaban J connectivity index is 2.28. The Morgan fingerprint density at radius 1 is 1.22 bits per heavy atom. The fourth-order valence-corrected chi connectivity index (χ4v) is 1.53. The van der Waals surface area contributed by atoms with Crippen molar-refractivity contribution in [1.82, 2.24) is 5.32 Å². The number of imide groups is 1. The minimum Gasteiger partial charge on any atom is -0.381 e. The number of anilines is 1. The molecular weight excluding hydrogens is 236 g/mol.